The van der Waals surface area contributed by atoms with E-state index in [-0.39, 0.29) is 29.4 Å². The number of piperazine rings is 1. The summed E-state index contributed by atoms with van der Waals surface area (Å²) < 4.78 is 41.8. The normalized spacial score (nSPS) is 15.2. The highest BCUT2D eigenvalue weighted by Gasteiger charge is 2.34. The fourth-order valence-corrected chi connectivity index (χ4v) is 4.27. The molecule has 1 aromatic carbocycles. The van der Waals surface area contributed by atoms with E-state index >= 15 is 0 Å². The van der Waals surface area contributed by atoms with Crippen LogP contribution in [0.2, 0.25) is 0 Å². The summed E-state index contributed by atoms with van der Waals surface area (Å²) in [6.07, 6.45) is 3.13. The maximum Gasteiger partial charge on any atom is 0.416 e. The number of benzene rings is 1. The van der Waals surface area contributed by atoms with Gasteiger partial charge in [0, 0.05) is 62.4 Å². The van der Waals surface area contributed by atoms with E-state index in [2.05, 4.69) is 42.0 Å². The number of H-pyrrole nitrogens is 1. The minimum atomic E-state index is -4.56. The molecule has 0 unspecified atom stereocenters. The number of aliphatic imine (C=N–C) groups is 1. The maximum absolute atomic E-state index is 13.9. The van der Waals surface area contributed by atoms with Crippen molar-refractivity contribution in [3.63, 3.8) is 0 Å². The van der Waals surface area contributed by atoms with Crippen molar-refractivity contribution in [1.82, 2.24) is 24.8 Å². The quantitative estimate of drug-likeness (QED) is 0.222. The lowest BCUT2D eigenvalue weighted by atomic mass is 10.0. The van der Waals surface area contributed by atoms with Crippen LogP contribution < -0.4 is 11.1 Å². The Hall–Kier alpha value is -4.47. The van der Waals surface area contributed by atoms with Gasteiger partial charge in [0.15, 0.2) is 0 Å². The third-order valence-corrected chi connectivity index (χ3v) is 6.42. The van der Waals surface area contributed by atoms with E-state index in [9.17, 15) is 18.0 Å². The molecule has 9 nitrogen and oxygen atoms in total. The van der Waals surface area contributed by atoms with Gasteiger partial charge in [-0.3, -0.25) is 19.7 Å². The molecule has 1 saturated heterocycles. The molecular formula is C30H33F3N8O. The van der Waals surface area contributed by atoms with Gasteiger partial charge in [0.25, 0.3) is 5.91 Å². The molecule has 1 aliphatic rings. The van der Waals surface area contributed by atoms with Crippen LogP contribution in [0.15, 0.2) is 53.9 Å². The Kier molecular flexibility index (Phi) is 9.77. The summed E-state index contributed by atoms with van der Waals surface area (Å²) in [4.78, 5) is 32.6. The van der Waals surface area contributed by atoms with Crippen molar-refractivity contribution in [2.24, 2.45) is 10.7 Å². The number of carbonyl (C=O) groups is 1. The van der Waals surface area contributed by atoms with E-state index < -0.39 is 17.6 Å². The number of anilines is 1. The third kappa shape index (κ3) is 8.76. The van der Waals surface area contributed by atoms with Crippen LogP contribution >= 0.6 is 0 Å². The van der Waals surface area contributed by atoms with E-state index in [0.717, 1.165) is 19.2 Å². The Balaban J connectivity index is 1.44. The topological polar surface area (TPSA) is 116 Å². The molecule has 1 aliphatic heterocycles. The summed E-state index contributed by atoms with van der Waals surface area (Å²) in [5, 5.41) is 2.56. The molecular weight excluding hydrogens is 545 g/mol. The molecule has 1 fully saturated rings. The number of carbonyl (C=O) groups excluding carboxylic acids is 1. The summed E-state index contributed by atoms with van der Waals surface area (Å²) in [6, 6.07) is 5.49. The molecule has 4 N–H and O–H groups in total. The van der Waals surface area contributed by atoms with E-state index in [0.29, 0.717) is 36.0 Å². The van der Waals surface area contributed by atoms with Crippen molar-refractivity contribution in [3.05, 3.63) is 82.7 Å². The second kappa shape index (κ2) is 13.5. The molecule has 4 rings (SSSR count). The van der Waals surface area contributed by atoms with Crippen molar-refractivity contribution in [2.75, 3.05) is 38.5 Å². The second-order valence-corrected chi connectivity index (χ2v) is 10.3. The largest absolute Gasteiger partial charge is 0.416 e. The van der Waals surface area contributed by atoms with Crippen LogP contribution in [-0.2, 0) is 12.7 Å². The number of nitrogens with two attached hydrogens (primary N) is 1. The standard InChI is InChI=1S/C30H33F3N8O/c1-20(2)37-27(34)8-9-28-36-18-25(38-28)6-4-21-14-23(17-35-16-21)29(42)39-24-7-5-22(26(15-24)30(31,32)33)19-41-12-10-40(3)11-13-41/h5,7-9,14-18,20H,10-13,19H2,1-3H3,(H2,34,37)(H,36,38)(H,39,42)/b9-8-. The van der Waals surface area contributed by atoms with Crippen molar-refractivity contribution in [1.29, 1.82) is 0 Å². The number of hydrogen-bond donors (Lipinski definition) is 3. The lowest BCUT2D eigenvalue weighted by Crippen LogP contribution is -2.44. The molecule has 220 valence electrons. The Bertz CT molecular complexity index is 1520. The molecule has 0 spiro atoms. The zero-order valence-corrected chi connectivity index (χ0v) is 23.7. The fraction of sp³-hybridized carbons (Fsp3) is 0.333. The van der Waals surface area contributed by atoms with Gasteiger partial charge in [0.1, 0.15) is 17.4 Å². The number of amidine groups is 1. The Labute approximate surface area is 242 Å². The minimum Gasteiger partial charge on any atom is -0.384 e. The molecule has 1 amide bonds. The van der Waals surface area contributed by atoms with Gasteiger partial charge in [0.05, 0.1) is 17.3 Å². The smallest absolute Gasteiger partial charge is 0.384 e. The molecule has 12 heteroatoms. The van der Waals surface area contributed by atoms with Crippen LogP contribution in [0, 0.1) is 11.8 Å². The number of amides is 1. The number of likely N-dealkylation sites (N-methyl/N-ethyl adjacent to an activating group) is 1. The Morgan fingerprint density at radius 2 is 1.93 bits per heavy atom. The predicted molar refractivity (Wildman–Crippen MR) is 157 cm³/mol. The summed E-state index contributed by atoms with van der Waals surface area (Å²) in [5.74, 6) is 6.15. The average Bonchev–Trinajstić information content (AvgIpc) is 3.40. The zero-order valence-electron chi connectivity index (χ0n) is 23.7. The van der Waals surface area contributed by atoms with Gasteiger partial charge >= 0.3 is 6.18 Å². The van der Waals surface area contributed by atoms with Crippen LogP contribution in [0.4, 0.5) is 18.9 Å². The van der Waals surface area contributed by atoms with Crippen LogP contribution in [0.3, 0.4) is 0 Å². The number of aromatic amines is 1. The highest BCUT2D eigenvalue weighted by Crippen LogP contribution is 2.34. The number of nitrogens with one attached hydrogen (secondary N) is 2. The first-order valence-corrected chi connectivity index (χ1v) is 13.4. The summed E-state index contributed by atoms with van der Waals surface area (Å²) >= 11 is 0. The lowest BCUT2D eigenvalue weighted by Gasteiger charge is -2.33. The van der Waals surface area contributed by atoms with Crippen LogP contribution in [0.25, 0.3) is 6.08 Å². The average molecular weight is 579 g/mol. The summed E-state index contributed by atoms with van der Waals surface area (Å²) in [7, 11) is 1.99. The molecule has 0 bridgehead atoms. The van der Waals surface area contributed by atoms with Gasteiger partial charge < -0.3 is 20.9 Å². The number of nitrogens with zero attached hydrogens (tertiary/aromatic N) is 5. The zero-order chi connectivity index (χ0) is 30.3. The first-order chi connectivity index (χ1) is 20.0. The first kappa shape index (κ1) is 30.5. The third-order valence-electron chi connectivity index (χ3n) is 6.42. The number of halogens is 3. The molecule has 0 aliphatic carbocycles. The Morgan fingerprint density at radius 1 is 1.17 bits per heavy atom. The maximum atomic E-state index is 13.9. The van der Waals surface area contributed by atoms with Gasteiger partial charge in [0.2, 0.25) is 0 Å². The second-order valence-electron chi connectivity index (χ2n) is 10.3. The molecule has 42 heavy (non-hydrogen) atoms. The Morgan fingerprint density at radius 3 is 2.64 bits per heavy atom. The van der Waals surface area contributed by atoms with E-state index in [1.165, 1.54) is 30.6 Å². The monoisotopic (exact) mass is 578 g/mol. The van der Waals surface area contributed by atoms with E-state index in [4.69, 9.17) is 5.73 Å². The predicted octanol–water partition coefficient (Wildman–Crippen LogP) is 4.00. The van der Waals surface area contributed by atoms with Crippen molar-refractivity contribution < 1.29 is 18.0 Å². The fourth-order valence-electron chi connectivity index (χ4n) is 4.27. The van der Waals surface area contributed by atoms with Crippen LogP contribution in [-0.4, -0.2) is 75.8 Å². The number of imidazole rings is 1. The van der Waals surface area contributed by atoms with Crippen LogP contribution in [0.1, 0.15) is 52.4 Å². The van der Waals surface area contributed by atoms with Crippen molar-refractivity contribution in [3.8, 4) is 11.8 Å². The van der Waals surface area contributed by atoms with Crippen molar-refractivity contribution >= 4 is 23.5 Å². The number of alkyl halides is 3. The lowest BCUT2D eigenvalue weighted by molar-refractivity contribution is -0.138. The van der Waals surface area contributed by atoms with Gasteiger partial charge in [-0.15, -0.1) is 0 Å². The molecule has 3 aromatic rings. The highest BCUT2D eigenvalue weighted by molar-refractivity contribution is 6.04. The first-order valence-electron chi connectivity index (χ1n) is 13.4. The molecule has 2 aromatic heterocycles. The van der Waals surface area contributed by atoms with Crippen molar-refractivity contribution in [2.45, 2.75) is 32.6 Å². The highest BCUT2D eigenvalue weighted by atomic mass is 19.4. The molecule has 0 atom stereocenters. The molecule has 0 radical (unpaired) electrons. The summed E-state index contributed by atoms with van der Waals surface area (Å²) in [6.45, 7) is 7.03. The summed E-state index contributed by atoms with van der Waals surface area (Å²) in [5.41, 5.74) is 6.41. The van der Waals surface area contributed by atoms with E-state index in [1.54, 1.807) is 18.3 Å². The van der Waals surface area contributed by atoms with Gasteiger partial charge in [-0.05, 0) is 62.7 Å². The number of aromatic nitrogens is 3. The van der Waals surface area contributed by atoms with E-state index in [1.807, 2.05) is 25.8 Å². The molecule has 0 saturated carbocycles. The van der Waals surface area contributed by atoms with Gasteiger partial charge in [-0.1, -0.05) is 12.0 Å². The minimum absolute atomic E-state index is 0.0445. The molecule has 3 heterocycles. The number of rotatable bonds is 7. The van der Waals surface area contributed by atoms with Crippen LogP contribution in [0.5, 0.6) is 0 Å². The SMILES string of the molecule is CC(C)N=C(N)/C=C\c1ncc(C#Cc2cncc(C(=O)Nc3ccc(CN4CCN(C)CC4)c(C(F)(F)F)c3)c2)[nH]1. The number of hydrogen-bond acceptors (Lipinski definition) is 6. The van der Waals surface area contributed by atoms with Gasteiger partial charge in [-0.25, -0.2) is 4.98 Å². The van der Waals surface area contributed by atoms with Gasteiger partial charge in [-0.2, -0.15) is 13.2 Å². The number of pyridine rings is 1.